The number of carbonyl (C=O) groups excluding carboxylic acids is 1. The summed E-state index contributed by atoms with van der Waals surface area (Å²) in [6, 6.07) is 5.25. The van der Waals surface area contributed by atoms with Crippen LogP contribution in [0.2, 0.25) is 0 Å². The second-order valence-corrected chi connectivity index (χ2v) is 5.27. The molecule has 2 aromatic heterocycles. The van der Waals surface area contributed by atoms with Gasteiger partial charge < -0.3 is 19.5 Å². The number of hydrogen-bond acceptors (Lipinski definition) is 5. The molecule has 22 heavy (non-hydrogen) atoms. The van der Waals surface area contributed by atoms with Gasteiger partial charge in [0.25, 0.3) is 0 Å². The Balaban J connectivity index is 1.63. The zero-order valence-electron chi connectivity index (χ0n) is 12.6. The van der Waals surface area contributed by atoms with Crippen molar-refractivity contribution in [1.82, 2.24) is 15.0 Å². The van der Waals surface area contributed by atoms with Crippen molar-refractivity contribution >= 4 is 11.7 Å². The first kappa shape index (κ1) is 14.4. The molecular formula is C15H18N4O3. The first-order valence-electron chi connectivity index (χ1n) is 7.15. The van der Waals surface area contributed by atoms with Crippen molar-refractivity contribution < 1.29 is 14.1 Å². The summed E-state index contributed by atoms with van der Waals surface area (Å²) < 4.78 is 9.93. The molecule has 0 bridgehead atoms. The molecule has 3 heterocycles. The third-order valence-corrected chi connectivity index (χ3v) is 3.86. The van der Waals surface area contributed by atoms with Gasteiger partial charge in [0.15, 0.2) is 0 Å². The van der Waals surface area contributed by atoms with E-state index in [-0.39, 0.29) is 11.9 Å². The van der Waals surface area contributed by atoms with E-state index in [0.29, 0.717) is 24.7 Å². The highest BCUT2D eigenvalue weighted by molar-refractivity contribution is 5.90. The molecule has 0 radical (unpaired) electrons. The van der Waals surface area contributed by atoms with Gasteiger partial charge in [-0.25, -0.2) is 9.78 Å². The Kier molecular flexibility index (Phi) is 3.95. The molecule has 3 rings (SSSR count). The molecule has 0 aromatic carbocycles. The van der Waals surface area contributed by atoms with Crippen molar-refractivity contribution in [3.05, 3.63) is 35.9 Å². The van der Waals surface area contributed by atoms with Crippen LogP contribution in [-0.2, 0) is 0 Å². The Morgan fingerprint density at radius 3 is 3.00 bits per heavy atom. The van der Waals surface area contributed by atoms with Crippen LogP contribution in [0.15, 0.2) is 29.0 Å². The Labute approximate surface area is 128 Å². The largest absolute Gasteiger partial charge is 0.481 e. The van der Waals surface area contributed by atoms with Gasteiger partial charge in [-0.1, -0.05) is 5.16 Å². The fourth-order valence-electron chi connectivity index (χ4n) is 2.60. The molecule has 0 saturated carbocycles. The molecule has 1 fully saturated rings. The number of nitrogens with zero attached hydrogens (tertiary/aromatic N) is 3. The number of pyridine rings is 1. The lowest BCUT2D eigenvalue weighted by atomic mass is 10.1. The Bertz CT molecular complexity index is 657. The Morgan fingerprint density at radius 1 is 1.45 bits per heavy atom. The van der Waals surface area contributed by atoms with E-state index >= 15 is 0 Å². The number of rotatable bonds is 3. The number of carbonyl (C=O) groups is 1. The van der Waals surface area contributed by atoms with Gasteiger partial charge in [0.2, 0.25) is 5.88 Å². The number of likely N-dealkylation sites (tertiary alicyclic amines) is 1. The van der Waals surface area contributed by atoms with Crippen molar-refractivity contribution in [3.63, 3.8) is 0 Å². The van der Waals surface area contributed by atoms with Crippen molar-refractivity contribution in [2.45, 2.75) is 19.3 Å². The van der Waals surface area contributed by atoms with Crippen molar-refractivity contribution in [1.29, 1.82) is 0 Å². The van der Waals surface area contributed by atoms with Crippen LogP contribution in [-0.4, -0.2) is 41.3 Å². The van der Waals surface area contributed by atoms with E-state index in [1.165, 1.54) is 0 Å². The van der Waals surface area contributed by atoms with Crippen LogP contribution >= 0.6 is 0 Å². The van der Waals surface area contributed by atoms with Crippen LogP contribution in [0.25, 0.3) is 0 Å². The van der Waals surface area contributed by atoms with Crippen LogP contribution in [0.4, 0.5) is 10.5 Å². The molecule has 1 saturated heterocycles. The topological polar surface area (TPSA) is 80.5 Å². The molecule has 1 atom stereocenters. The summed E-state index contributed by atoms with van der Waals surface area (Å²) in [7, 11) is 1.56. The zero-order valence-corrected chi connectivity index (χ0v) is 12.6. The monoisotopic (exact) mass is 302 g/mol. The number of hydrogen-bond donors (Lipinski definition) is 1. The van der Waals surface area contributed by atoms with E-state index in [4.69, 9.17) is 9.26 Å². The molecule has 1 aliphatic heterocycles. The molecule has 2 aromatic rings. The summed E-state index contributed by atoms with van der Waals surface area (Å²) in [4.78, 5) is 18.4. The number of anilines is 1. The molecule has 7 heteroatoms. The average molecular weight is 302 g/mol. The van der Waals surface area contributed by atoms with Crippen LogP contribution in [0.3, 0.4) is 0 Å². The van der Waals surface area contributed by atoms with Gasteiger partial charge in [0, 0.05) is 31.1 Å². The minimum atomic E-state index is -0.124. The number of nitrogens with one attached hydrogen (secondary N) is 1. The molecule has 1 N–H and O–H groups in total. The molecule has 116 valence electrons. The van der Waals surface area contributed by atoms with Gasteiger partial charge in [-0.15, -0.1) is 0 Å². The van der Waals surface area contributed by atoms with Gasteiger partial charge in [0.05, 0.1) is 24.2 Å². The molecule has 0 spiro atoms. The predicted octanol–water partition coefficient (Wildman–Crippen LogP) is 2.41. The minimum Gasteiger partial charge on any atom is -0.481 e. The lowest BCUT2D eigenvalue weighted by Gasteiger charge is -2.18. The minimum absolute atomic E-state index is 0.124. The fourth-order valence-corrected chi connectivity index (χ4v) is 2.60. The first-order chi connectivity index (χ1) is 10.7. The fraction of sp³-hybridized carbons (Fsp3) is 0.400. The molecular weight excluding hydrogens is 284 g/mol. The maximum atomic E-state index is 12.3. The van der Waals surface area contributed by atoms with E-state index in [1.54, 1.807) is 30.4 Å². The third kappa shape index (κ3) is 2.88. The molecule has 2 amide bonds. The lowest BCUT2D eigenvalue weighted by Crippen LogP contribution is -2.33. The van der Waals surface area contributed by atoms with Gasteiger partial charge in [-0.3, -0.25) is 0 Å². The SMILES string of the molecule is COc1ccc(NC(=O)N2CCC(c3ccon3)C2)c(C)n1. The van der Waals surface area contributed by atoms with E-state index in [1.807, 2.05) is 13.0 Å². The van der Waals surface area contributed by atoms with Gasteiger partial charge >= 0.3 is 6.03 Å². The molecule has 1 aliphatic rings. The highest BCUT2D eigenvalue weighted by atomic mass is 16.5. The van der Waals surface area contributed by atoms with E-state index in [0.717, 1.165) is 17.8 Å². The highest BCUT2D eigenvalue weighted by Gasteiger charge is 2.29. The average Bonchev–Trinajstić information content (AvgIpc) is 3.19. The second-order valence-electron chi connectivity index (χ2n) is 5.27. The summed E-state index contributed by atoms with van der Waals surface area (Å²) in [6.07, 6.45) is 2.45. The summed E-state index contributed by atoms with van der Waals surface area (Å²) in [6.45, 7) is 3.17. The van der Waals surface area contributed by atoms with Gasteiger partial charge in [-0.2, -0.15) is 0 Å². The van der Waals surface area contributed by atoms with Crippen molar-refractivity contribution in [2.24, 2.45) is 0 Å². The van der Waals surface area contributed by atoms with E-state index < -0.39 is 0 Å². The van der Waals surface area contributed by atoms with E-state index in [9.17, 15) is 4.79 Å². The van der Waals surface area contributed by atoms with Crippen LogP contribution in [0, 0.1) is 6.92 Å². The van der Waals surface area contributed by atoms with Crippen LogP contribution in [0.5, 0.6) is 5.88 Å². The smallest absolute Gasteiger partial charge is 0.321 e. The maximum Gasteiger partial charge on any atom is 0.321 e. The number of ether oxygens (including phenoxy) is 1. The van der Waals surface area contributed by atoms with Crippen LogP contribution in [0.1, 0.15) is 23.7 Å². The van der Waals surface area contributed by atoms with Crippen LogP contribution < -0.4 is 10.1 Å². The number of urea groups is 1. The lowest BCUT2D eigenvalue weighted by molar-refractivity contribution is 0.222. The zero-order chi connectivity index (χ0) is 15.5. The first-order valence-corrected chi connectivity index (χ1v) is 7.15. The quantitative estimate of drug-likeness (QED) is 0.941. The number of aromatic nitrogens is 2. The van der Waals surface area contributed by atoms with E-state index in [2.05, 4.69) is 15.5 Å². The highest BCUT2D eigenvalue weighted by Crippen LogP contribution is 2.26. The van der Waals surface area contributed by atoms with Crippen molar-refractivity contribution in [3.8, 4) is 5.88 Å². The normalized spacial score (nSPS) is 17.5. The Morgan fingerprint density at radius 2 is 2.32 bits per heavy atom. The summed E-state index contributed by atoms with van der Waals surface area (Å²) in [5.41, 5.74) is 2.31. The predicted molar refractivity (Wildman–Crippen MR) is 80.0 cm³/mol. The molecule has 1 unspecified atom stereocenters. The summed E-state index contributed by atoms with van der Waals surface area (Å²) >= 11 is 0. The van der Waals surface area contributed by atoms with Gasteiger partial charge in [0.1, 0.15) is 6.26 Å². The molecule has 0 aliphatic carbocycles. The standard InChI is InChI=1S/C15H18N4O3/c1-10-12(3-4-14(16-10)21-2)17-15(20)19-7-5-11(9-19)13-6-8-22-18-13/h3-4,6,8,11H,5,7,9H2,1-2H3,(H,17,20). The number of amides is 2. The second kappa shape index (κ2) is 6.05. The maximum absolute atomic E-state index is 12.3. The summed E-state index contributed by atoms with van der Waals surface area (Å²) in [5.74, 6) is 0.766. The van der Waals surface area contributed by atoms with Crippen molar-refractivity contribution in [2.75, 3.05) is 25.5 Å². The summed E-state index contributed by atoms with van der Waals surface area (Å²) in [5, 5.41) is 6.85. The Hall–Kier alpha value is -2.57. The number of methoxy groups -OCH3 is 1. The number of aryl methyl sites for hydroxylation is 1. The van der Waals surface area contributed by atoms with Gasteiger partial charge in [-0.05, 0) is 19.4 Å². The molecule has 7 nitrogen and oxygen atoms in total. The third-order valence-electron chi connectivity index (χ3n) is 3.86.